The second kappa shape index (κ2) is 8.93. The normalized spacial score (nSPS) is 11.7. The molecule has 0 aliphatic heterocycles. The van der Waals surface area contributed by atoms with Crippen molar-refractivity contribution in [2.24, 2.45) is 0 Å². The minimum atomic E-state index is -3.66. The smallest absolute Gasteiger partial charge is 0.255 e. The highest BCUT2D eigenvalue weighted by Gasteiger charge is 2.21. The van der Waals surface area contributed by atoms with E-state index in [1.807, 2.05) is 31.2 Å². The van der Waals surface area contributed by atoms with Gasteiger partial charge < -0.3 is 14.6 Å². The van der Waals surface area contributed by atoms with Gasteiger partial charge in [0.1, 0.15) is 35.3 Å². The largest absolute Gasteiger partial charge is 0.507 e. The van der Waals surface area contributed by atoms with Gasteiger partial charge in [0.2, 0.25) is 0 Å². The van der Waals surface area contributed by atoms with Crippen LogP contribution in [0, 0.1) is 6.92 Å². The molecule has 0 unspecified atom stereocenters. The molecule has 5 aromatic rings. The van der Waals surface area contributed by atoms with Gasteiger partial charge >= 0.3 is 0 Å². The van der Waals surface area contributed by atoms with Crippen LogP contribution in [-0.2, 0) is 16.4 Å². The van der Waals surface area contributed by atoms with Crippen molar-refractivity contribution < 1.29 is 23.0 Å². The summed E-state index contributed by atoms with van der Waals surface area (Å²) in [7, 11) is -3.66. The number of phenols is 2. The molecule has 0 radical (unpaired) electrons. The number of benzene rings is 2. The van der Waals surface area contributed by atoms with Gasteiger partial charge in [-0.25, -0.2) is 13.4 Å². The molecule has 3 heterocycles. The molecule has 0 amide bonds. The molecule has 0 atom stereocenters. The van der Waals surface area contributed by atoms with E-state index >= 15 is 0 Å². The van der Waals surface area contributed by atoms with Crippen molar-refractivity contribution in [1.29, 1.82) is 0 Å². The summed E-state index contributed by atoms with van der Waals surface area (Å²) in [6.07, 6.45) is 3.91. The van der Waals surface area contributed by atoms with Crippen LogP contribution in [0.4, 0.5) is 0 Å². The first-order chi connectivity index (χ1) is 17.2. The standard InChI is InChI=1S/C25H20N4O6S/c1-15-4-2-3-5-17(15)22-11-21(32)24-20(31)10-19(30)23(25(24)35-22)18-7-6-16(12-27-18)8-9-36(33,34)29-14-26-13-28-29/h2-7,10-14,30-31H,8-9H2,1H3. The van der Waals surface area contributed by atoms with E-state index in [9.17, 15) is 23.4 Å². The fraction of sp³-hybridized carbons (Fsp3) is 0.120. The van der Waals surface area contributed by atoms with Gasteiger partial charge in [-0.3, -0.25) is 9.78 Å². The molecule has 10 nitrogen and oxygen atoms in total. The molecule has 2 N–H and O–H groups in total. The van der Waals surface area contributed by atoms with E-state index < -0.39 is 21.2 Å². The highest BCUT2D eigenvalue weighted by atomic mass is 32.2. The summed E-state index contributed by atoms with van der Waals surface area (Å²) in [5, 5.41) is 24.6. The summed E-state index contributed by atoms with van der Waals surface area (Å²) in [4.78, 5) is 21.0. The van der Waals surface area contributed by atoms with Gasteiger partial charge in [0.05, 0.1) is 17.0 Å². The van der Waals surface area contributed by atoms with Crippen LogP contribution in [0.5, 0.6) is 11.5 Å². The highest BCUT2D eigenvalue weighted by Crippen LogP contribution is 2.40. The molecule has 11 heteroatoms. The Morgan fingerprint density at radius 1 is 1.06 bits per heavy atom. The van der Waals surface area contributed by atoms with Crippen LogP contribution in [0.2, 0.25) is 0 Å². The van der Waals surface area contributed by atoms with E-state index in [4.69, 9.17) is 4.42 Å². The fourth-order valence-corrected chi connectivity index (χ4v) is 5.00. The molecule has 5 rings (SSSR count). The summed E-state index contributed by atoms with van der Waals surface area (Å²) in [6.45, 7) is 1.88. The third-order valence-corrected chi connectivity index (χ3v) is 7.26. The molecule has 2 aromatic carbocycles. The van der Waals surface area contributed by atoms with E-state index in [1.165, 1.54) is 12.3 Å². The van der Waals surface area contributed by atoms with E-state index in [1.54, 1.807) is 12.1 Å². The first kappa shape index (κ1) is 23.2. The zero-order chi connectivity index (χ0) is 25.4. The SMILES string of the molecule is Cc1ccccc1-c1cc(=O)c2c(O)cc(O)c(-c3ccc(CCS(=O)(=O)n4cncn4)cn3)c2o1. The van der Waals surface area contributed by atoms with Crippen molar-refractivity contribution >= 4 is 21.0 Å². The third kappa shape index (κ3) is 4.20. The van der Waals surface area contributed by atoms with Crippen LogP contribution < -0.4 is 5.43 Å². The first-order valence-corrected chi connectivity index (χ1v) is 12.5. The van der Waals surface area contributed by atoms with Gasteiger partial charge in [-0.1, -0.05) is 30.3 Å². The van der Waals surface area contributed by atoms with Crippen molar-refractivity contribution in [3.05, 3.63) is 88.7 Å². The minimum Gasteiger partial charge on any atom is -0.507 e. The average Bonchev–Trinajstić information content (AvgIpc) is 3.39. The van der Waals surface area contributed by atoms with Crippen molar-refractivity contribution in [1.82, 2.24) is 19.2 Å². The van der Waals surface area contributed by atoms with Crippen molar-refractivity contribution in [2.75, 3.05) is 5.75 Å². The summed E-state index contributed by atoms with van der Waals surface area (Å²) < 4.78 is 31.5. The molecule has 0 fully saturated rings. The number of phenolic OH excluding ortho intramolecular Hbond substituents is 2. The Labute approximate surface area is 205 Å². The maximum Gasteiger partial charge on any atom is 0.255 e. The quantitative estimate of drug-likeness (QED) is 0.355. The number of aryl methyl sites for hydroxylation is 2. The second-order valence-electron chi connectivity index (χ2n) is 8.17. The van der Waals surface area contributed by atoms with Gasteiger partial charge in [-0.2, -0.15) is 0 Å². The highest BCUT2D eigenvalue weighted by molar-refractivity contribution is 7.89. The molecular formula is C25H20N4O6S. The molecule has 0 spiro atoms. The van der Waals surface area contributed by atoms with Gasteiger partial charge in [0, 0.05) is 23.9 Å². The molecule has 36 heavy (non-hydrogen) atoms. The Morgan fingerprint density at radius 3 is 2.56 bits per heavy atom. The maximum absolute atomic E-state index is 12.9. The van der Waals surface area contributed by atoms with E-state index in [-0.39, 0.29) is 45.9 Å². The molecule has 0 aliphatic rings. The molecule has 3 aromatic heterocycles. The Kier molecular flexibility index (Phi) is 5.77. The van der Waals surface area contributed by atoms with Crippen LogP contribution in [0.25, 0.3) is 33.6 Å². The van der Waals surface area contributed by atoms with Gasteiger partial charge in [0.15, 0.2) is 11.0 Å². The number of aromatic hydroxyl groups is 2. The van der Waals surface area contributed by atoms with Crippen LogP contribution >= 0.6 is 0 Å². The number of hydrogen-bond donors (Lipinski definition) is 2. The van der Waals surface area contributed by atoms with Gasteiger partial charge in [0.25, 0.3) is 10.0 Å². The maximum atomic E-state index is 12.9. The Balaban J connectivity index is 1.55. The van der Waals surface area contributed by atoms with Crippen LogP contribution in [0.1, 0.15) is 11.1 Å². The summed E-state index contributed by atoms with van der Waals surface area (Å²) in [5.41, 5.74) is 2.15. The monoisotopic (exact) mass is 504 g/mol. The Hall–Kier alpha value is -4.51. The number of fused-ring (bicyclic) bond motifs is 1. The molecular weight excluding hydrogens is 484 g/mol. The van der Waals surface area contributed by atoms with E-state index in [2.05, 4.69) is 15.1 Å². The lowest BCUT2D eigenvalue weighted by Gasteiger charge is -2.12. The van der Waals surface area contributed by atoms with Crippen molar-refractivity contribution in [2.45, 2.75) is 13.3 Å². The average molecular weight is 505 g/mol. The minimum absolute atomic E-state index is 0.00716. The van der Waals surface area contributed by atoms with E-state index in [0.29, 0.717) is 11.1 Å². The third-order valence-electron chi connectivity index (χ3n) is 5.78. The first-order valence-electron chi connectivity index (χ1n) is 10.9. The predicted octanol–water partition coefficient (Wildman–Crippen LogP) is 3.25. The van der Waals surface area contributed by atoms with Crippen LogP contribution in [-0.4, -0.2) is 43.5 Å². The number of rotatable bonds is 6. The lowest BCUT2D eigenvalue weighted by Crippen LogP contribution is -2.18. The summed E-state index contributed by atoms with van der Waals surface area (Å²) >= 11 is 0. The number of hydrogen-bond acceptors (Lipinski definition) is 9. The Bertz CT molecular complexity index is 1740. The molecule has 0 aliphatic carbocycles. The molecule has 0 saturated carbocycles. The van der Waals surface area contributed by atoms with Crippen LogP contribution in [0.15, 0.2) is 76.6 Å². The van der Waals surface area contributed by atoms with Crippen molar-refractivity contribution in [3.63, 3.8) is 0 Å². The van der Waals surface area contributed by atoms with Gasteiger partial charge in [-0.05, 0) is 30.5 Å². The predicted molar refractivity (Wildman–Crippen MR) is 132 cm³/mol. The molecule has 182 valence electrons. The summed E-state index contributed by atoms with van der Waals surface area (Å²) in [5.74, 6) is -0.656. The lowest BCUT2D eigenvalue weighted by molar-refractivity contribution is 0.453. The fourth-order valence-electron chi connectivity index (χ4n) is 3.93. The zero-order valence-corrected chi connectivity index (χ0v) is 19.8. The lowest BCUT2D eigenvalue weighted by atomic mass is 10.0. The topological polar surface area (TPSA) is 148 Å². The number of nitrogens with zero attached hydrogens (tertiary/aromatic N) is 4. The van der Waals surface area contributed by atoms with Crippen molar-refractivity contribution in [3.8, 4) is 34.1 Å². The van der Waals surface area contributed by atoms with E-state index in [0.717, 1.165) is 28.4 Å². The molecule has 0 saturated heterocycles. The number of pyridine rings is 1. The van der Waals surface area contributed by atoms with Gasteiger partial charge in [-0.15, -0.1) is 9.19 Å². The zero-order valence-electron chi connectivity index (χ0n) is 19.0. The Morgan fingerprint density at radius 2 is 1.86 bits per heavy atom. The number of aromatic nitrogens is 4. The summed E-state index contributed by atoms with van der Waals surface area (Å²) in [6, 6.07) is 13.0. The van der Waals surface area contributed by atoms with Crippen LogP contribution in [0.3, 0.4) is 0 Å². The molecule has 0 bridgehead atoms. The second-order valence-corrected chi connectivity index (χ2v) is 10.1.